The molecule has 0 aliphatic carbocycles. The number of carboxylic acid groups (broad SMARTS) is 1. The summed E-state index contributed by atoms with van der Waals surface area (Å²) in [7, 11) is 0. The minimum absolute atomic E-state index is 0.0579. The molecule has 1 N–H and O–H groups in total. The number of halogens is 3. The molecule has 0 aliphatic rings. The Balaban J connectivity index is 2.88. The molecule has 0 amide bonds. The summed E-state index contributed by atoms with van der Waals surface area (Å²) >= 11 is 0. The molecule has 6 heteroatoms. The van der Waals surface area contributed by atoms with E-state index in [0.29, 0.717) is 6.08 Å². The van der Waals surface area contributed by atoms with Gasteiger partial charge in [0.15, 0.2) is 0 Å². The summed E-state index contributed by atoms with van der Waals surface area (Å²) < 4.78 is 42.4. The summed E-state index contributed by atoms with van der Waals surface area (Å²) in [5, 5.41) is 8.59. The van der Waals surface area contributed by atoms with E-state index in [1.807, 2.05) is 0 Å². The largest absolute Gasteiger partial charge is 0.478 e. The van der Waals surface area contributed by atoms with Gasteiger partial charge in [-0.15, -0.1) is 0 Å². The van der Waals surface area contributed by atoms with Crippen molar-refractivity contribution in [2.75, 3.05) is 0 Å². The van der Waals surface area contributed by atoms with Crippen molar-refractivity contribution in [3.63, 3.8) is 0 Å². The van der Waals surface area contributed by atoms with Gasteiger partial charge in [0.05, 0.1) is 5.56 Å². The van der Waals surface area contributed by atoms with Crippen LogP contribution in [0.15, 0.2) is 36.9 Å². The second-order valence-electron chi connectivity index (χ2n) is 3.13. The highest BCUT2D eigenvalue weighted by Crippen LogP contribution is 2.27. The molecule has 0 saturated heterocycles. The average Bonchev–Trinajstić information content (AvgIpc) is 2.29. The van der Waals surface area contributed by atoms with Crippen LogP contribution in [0, 0.1) is 0 Å². The quantitative estimate of drug-likeness (QED) is 0.812. The van der Waals surface area contributed by atoms with Crippen LogP contribution in [0.2, 0.25) is 0 Å². The summed E-state index contributed by atoms with van der Waals surface area (Å²) in [6, 6.07) is 4.41. The number of carboxylic acids is 1. The molecule has 92 valence electrons. The monoisotopic (exact) mass is 246 g/mol. The maximum Gasteiger partial charge on any atom is 0.335 e. The number of benzene rings is 1. The zero-order valence-electron chi connectivity index (χ0n) is 8.57. The first kappa shape index (κ1) is 13.1. The number of hydrogen-bond acceptors (Lipinski definition) is 2. The Kier molecular flexibility index (Phi) is 3.77. The third kappa shape index (κ3) is 2.99. The standard InChI is InChI=1S/C11H9F3O3/c1-2-11(14,10(12)13)17-8-5-3-7(4-6-8)9(15)16/h2-6,10H,1H2,(H,15,16). The van der Waals surface area contributed by atoms with Gasteiger partial charge in [-0.05, 0) is 30.3 Å². The van der Waals surface area contributed by atoms with E-state index in [1.165, 1.54) is 0 Å². The molecule has 0 fully saturated rings. The molecule has 17 heavy (non-hydrogen) atoms. The molecule has 1 aromatic carbocycles. The van der Waals surface area contributed by atoms with E-state index in [2.05, 4.69) is 11.3 Å². The van der Waals surface area contributed by atoms with Crippen LogP contribution < -0.4 is 4.74 Å². The molecule has 1 unspecified atom stereocenters. The Morgan fingerprint density at radius 2 is 1.94 bits per heavy atom. The lowest BCUT2D eigenvalue weighted by molar-refractivity contribution is -0.130. The van der Waals surface area contributed by atoms with Crippen molar-refractivity contribution < 1.29 is 27.8 Å². The fourth-order valence-electron chi connectivity index (χ4n) is 1.02. The highest BCUT2D eigenvalue weighted by Gasteiger charge is 2.39. The van der Waals surface area contributed by atoms with Gasteiger partial charge in [-0.25, -0.2) is 13.6 Å². The molecule has 0 saturated carbocycles. The maximum atomic E-state index is 13.4. The molecule has 1 rings (SSSR count). The first-order valence-corrected chi connectivity index (χ1v) is 4.52. The van der Waals surface area contributed by atoms with Crippen LogP contribution in [0.1, 0.15) is 10.4 Å². The summed E-state index contributed by atoms with van der Waals surface area (Å²) in [5.41, 5.74) is -0.0579. The Hall–Kier alpha value is -1.98. The van der Waals surface area contributed by atoms with E-state index < -0.39 is 18.2 Å². The van der Waals surface area contributed by atoms with Gasteiger partial charge in [-0.3, -0.25) is 0 Å². The normalized spacial score (nSPS) is 14.1. The van der Waals surface area contributed by atoms with Crippen LogP contribution in [0.5, 0.6) is 5.75 Å². The van der Waals surface area contributed by atoms with Gasteiger partial charge in [0.2, 0.25) is 0 Å². The number of ether oxygens (including phenoxy) is 1. The average molecular weight is 246 g/mol. The van der Waals surface area contributed by atoms with E-state index in [0.717, 1.165) is 24.3 Å². The number of hydrogen-bond donors (Lipinski definition) is 1. The Labute approximate surface area is 95.1 Å². The number of aromatic carboxylic acids is 1. The first-order valence-electron chi connectivity index (χ1n) is 4.52. The van der Waals surface area contributed by atoms with Crippen molar-refractivity contribution in [1.82, 2.24) is 0 Å². The predicted molar refractivity (Wildman–Crippen MR) is 54.1 cm³/mol. The number of rotatable bonds is 5. The van der Waals surface area contributed by atoms with Gasteiger partial charge >= 0.3 is 18.2 Å². The number of carbonyl (C=O) groups is 1. The van der Waals surface area contributed by atoms with Crippen LogP contribution in [-0.4, -0.2) is 23.4 Å². The highest BCUT2D eigenvalue weighted by molar-refractivity contribution is 5.87. The smallest absolute Gasteiger partial charge is 0.335 e. The van der Waals surface area contributed by atoms with E-state index in [4.69, 9.17) is 5.11 Å². The molecular formula is C11H9F3O3. The molecule has 0 radical (unpaired) electrons. The minimum atomic E-state index is -3.39. The Bertz CT molecular complexity index is 416. The second-order valence-corrected chi connectivity index (χ2v) is 3.13. The van der Waals surface area contributed by atoms with Gasteiger partial charge < -0.3 is 9.84 Å². The molecular weight excluding hydrogens is 237 g/mol. The van der Waals surface area contributed by atoms with Crippen LogP contribution in [-0.2, 0) is 0 Å². The van der Waals surface area contributed by atoms with E-state index in [1.54, 1.807) is 0 Å². The molecule has 0 aromatic heterocycles. The maximum absolute atomic E-state index is 13.4. The fraction of sp³-hybridized carbons (Fsp3) is 0.182. The van der Waals surface area contributed by atoms with Crippen molar-refractivity contribution in [2.45, 2.75) is 12.3 Å². The lowest BCUT2D eigenvalue weighted by Gasteiger charge is -2.21. The van der Waals surface area contributed by atoms with Crippen molar-refractivity contribution in [3.8, 4) is 5.75 Å². The zero-order valence-corrected chi connectivity index (χ0v) is 8.57. The highest BCUT2D eigenvalue weighted by atomic mass is 19.3. The topological polar surface area (TPSA) is 46.5 Å². The molecule has 3 nitrogen and oxygen atoms in total. The lowest BCUT2D eigenvalue weighted by Crippen LogP contribution is -2.36. The van der Waals surface area contributed by atoms with Gasteiger partial charge in [0.1, 0.15) is 5.75 Å². The molecule has 0 aliphatic heterocycles. The van der Waals surface area contributed by atoms with Crippen LogP contribution >= 0.6 is 0 Å². The third-order valence-electron chi connectivity index (χ3n) is 1.95. The summed E-state index contributed by atoms with van der Waals surface area (Å²) in [6.45, 7) is 2.92. The lowest BCUT2D eigenvalue weighted by atomic mass is 10.2. The summed E-state index contributed by atoms with van der Waals surface area (Å²) in [6.07, 6.45) is -3.04. The number of alkyl halides is 3. The fourth-order valence-corrected chi connectivity index (χ4v) is 1.02. The SMILES string of the molecule is C=CC(F)(Oc1ccc(C(=O)O)cc1)C(F)F. The Morgan fingerprint density at radius 1 is 1.41 bits per heavy atom. The zero-order chi connectivity index (χ0) is 13.1. The molecule has 1 aromatic rings. The third-order valence-corrected chi connectivity index (χ3v) is 1.95. The summed E-state index contributed by atoms with van der Waals surface area (Å²) in [5.74, 6) is -4.68. The van der Waals surface area contributed by atoms with Crippen molar-refractivity contribution >= 4 is 5.97 Å². The van der Waals surface area contributed by atoms with Crippen LogP contribution in [0.3, 0.4) is 0 Å². The van der Waals surface area contributed by atoms with Gasteiger partial charge in [-0.2, -0.15) is 4.39 Å². The molecule has 0 heterocycles. The van der Waals surface area contributed by atoms with Crippen molar-refractivity contribution in [2.24, 2.45) is 0 Å². The summed E-state index contributed by atoms with van der Waals surface area (Å²) in [4.78, 5) is 10.5. The van der Waals surface area contributed by atoms with E-state index >= 15 is 0 Å². The van der Waals surface area contributed by atoms with Crippen LogP contribution in [0.4, 0.5) is 13.2 Å². The van der Waals surface area contributed by atoms with E-state index in [-0.39, 0.29) is 11.3 Å². The van der Waals surface area contributed by atoms with Crippen LogP contribution in [0.25, 0.3) is 0 Å². The predicted octanol–water partition coefficient (Wildman–Crippen LogP) is 2.88. The molecule has 0 spiro atoms. The minimum Gasteiger partial charge on any atom is -0.478 e. The van der Waals surface area contributed by atoms with Gasteiger partial charge in [-0.1, -0.05) is 6.58 Å². The molecule has 1 atom stereocenters. The van der Waals surface area contributed by atoms with E-state index in [9.17, 15) is 18.0 Å². The van der Waals surface area contributed by atoms with Crippen molar-refractivity contribution in [1.29, 1.82) is 0 Å². The Morgan fingerprint density at radius 3 is 2.29 bits per heavy atom. The van der Waals surface area contributed by atoms with Gasteiger partial charge in [0, 0.05) is 0 Å². The van der Waals surface area contributed by atoms with Crippen molar-refractivity contribution in [3.05, 3.63) is 42.5 Å². The second kappa shape index (κ2) is 4.90. The van der Waals surface area contributed by atoms with Gasteiger partial charge in [0.25, 0.3) is 0 Å². The molecule has 0 bridgehead atoms. The first-order chi connectivity index (χ1) is 7.89.